The van der Waals surface area contributed by atoms with Crippen LogP contribution in [0.1, 0.15) is 28.9 Å². The largest absolute Gasteiger partial charge is 0.346 e. The number of para-hydroxylation sites is 1. The molecule has 0 fully saturated rings. The van der Waals surface area contributed by atoms with Gasteiger partial charge in [-0.2, -0.15) is 0 Å². The third kappa shape index (κ3) is 5.13. The van der Waals surface area contributed by atoms with Crippen molar-refractivity contribution in [1.82, 2.24) is 5.32 Å². The highest BCUT2D eigenvalue weighted by Crippen LogP contribution is 2.25. The molecule has 3 rings (SSSR count). The first kappa shape index (κ1) is 20.8. The molecule has 8 heteroatoms. The molecule has 0 saturated carbocycles. The Hall–Kier alpha value is -2.90. The van der Waals surface area contributed by atoms with Gasteiger partial charge in [-0.3, -0.25) is 9.52 Å². The third-order valence-electron chi connectivity index (χ3n) is 4.23. The number of nitrogens with one attached hydrogen (secondary N) is 2. The molecule has 0 heterocycles. The number of anilines is 1. The van der Waals surface area contributed by atoms with Crippen molar-refractivity contribution >= 4 is 33.2 Å². The van der Waals surface area contributed by atoms with Gasteiger partial charge in [0.1, 0.15) is 10.7 Å². The molecule has 1 atom stereocenters. The van der Waals surface area contributed by atoms with Crippen molar-refractivity contribution in [2.45, 2.75) is 17.9 Å². The van der Waals surface area contributed by atoms with E-state index in [1.165, 1.54) is 30.3 Å². The molecule has 0 spiro atoms. The molecule has 0 aliphatic rings. The quantitative estimate of drug-likeness (QED) is 0.589. The summed E-state index contributed by atoms with van der Waals surface area (Å²) < 4.78 is 40.9. The Balaban J connectivity index is 1.82. The van der Waals surface area contributed by atoms with Gasteiger partial charge in [0.05, 0.1) is 11.1 Å². The third-order valence-corrected chi connectivity index (χ3v) is 6.09. The molecule has 0 aliphatic heterocycles. The van der Waals surface area contributed by atoms with Gasteiger partial charge in [0.25, 0.3) is 15.9 Å². The number of sulfonamides is 1. The van der Waals surface area contributed by atoms with E-state index in [0.29, 0.717) is 11.3 Å². The maximum Gasteiger partial charge on any atom is 0.263 e. The van der Waals surface area contributed by atoms with Crippen LogP contribution in [0.5, 0.6) is 0 Å². The molecule has 3 aromatic carbocycles. The molecular formula is C21H18ClFN2O3S. The zero-order chi connectivity index (χ0) is 21.0. The van der Waals surface area contributed by atoms with Crippen LogP contribution in [0.15, 0.2) is 77.7 Å². The number of hydrogen-bond acceptors (Lipinski definition) is 3. The van der Waals surface area contributed by atoms with Crippen LogP contribution < -0.4 is 10.0 Å². The second-order valence-electron chi connectivity index (χ2n) is 6.36. The van der Waals surface area contributed by atoms with Crippen molar-refractivity contribution in [2.24, 2.45) is 0 Å². The summed E-state index contributed by atoms with van der Waals surface area (Å²) in [6.07, 6.45) is 0. The lowest BCUT2D eigenvalue weighted by atomic mass is 10.1. The molecule has 0 radical (unpaired) electrons. The van der Waals surface area contributed by atoms with E-state index >= 15 is 0 Å². The van der Waals surface area contributed by atoms with E-state index in [9.17, 15) is 17.6 Å². The summed E-state index contributed by atoms with van der Waals surface area (Å²) in [6, 6.07) is 17.7. The summed E-state index contributed by atoms with van der Waals surface area (Å²) in [5, 5.41) is 2.76. The first-order chi connectivity index (χ1) is 13.8. The normalized spacial score (nSPS) is 12.2. The van der Waals surface area contributed by atoms with Gasteiger partial charge in [0.2, 0.25) is 0 Å². The van der Waals surface area contributed by atoms with Gasteiger partial charge < -0.3 is 5.32 Å². The Bertz CT molecular complexity index is 1120. The van der Waals surface area contributed by atoms with Crippen LogP contribution in [0.25, 0.3) is 0 Å². The summed E-state index contributed by atoms with van der Waals surface area (Å²) in [4.78, 5) is 12.4. The zero-order valence-electron chi connectivity index (χ0n) is 15.4. The minimum Gasteiger partial charge on any atom is -0.346 e. The molecule has 3 aromatic rings. The van der Waals surface area contributed by atoms with Gasteiger partial charge in [0.15, 0.2) is 0 Å². The Morgan fingerprint density at radius 2 is 1.66 bits per heavy atom. The predicted octanol–water partition coefficient (Wildman–Crippen LogP) is 4.77. The second-order valence-corrected chi connectivity index (χ2v) is 8.42. The second kappa shape index (κ2) is 8.63. The van der Waals surface area contributed by atoms with Crippen molar-refractivity contribution in [3.05, 3.63) is 94.8 Å². The highest BCUT2D eigenvalue weighted by atomic mass is 35.5. The van der Waals surface area contributed by atoms with E-state index in [-0.39, 0.29) is 21.3 Å². The van der Waals surface area contributed by atoms with E-state index in [2.05, 4.69) is 10.0 Å². The zero-order valence-corrected chi connectivity index (χ0v) is 17.0. The van der Waals surface area contributed by atoms with Crippen LogP contribution in [-0.4, -0.2) is 14.3 Å². The molecule has 0 aliphatic carbocycles. The van der Waals surface area contributed by atoms with E-state index in [4.69, 9.17) is 11.6 Å². The number of amides is 1. The Labute approximate surface area is 173 Å². The standard InChI is InChI=1S/C21H18ClFN2O3S/c1-14(15-7-10-17(23)11-8-15)24-21(26)16-9-12-19(22)20(13-16)29(27,28)25-18-5-3-2-4-6-18/h2-14,25H,1H3,(H,24,26)/t14-/m1/s1. The van der Waals surface area contributed by atoms with Gasteiger partial charge in [-0.05, 0) is 55.0 Å². The summed E-state index contributed by atoms with van der Waals surface area (Å²) in [5.74, 6) is -0.847. The van der Waals surface area contributed by atoms with E-state index < -0.39 is 22.0 Å². The minimum absolute atomic E-state index is 0.00318. The summed E-state index contributed by atoms with van der Waals surface area (Å²) in [5.41, 5.74) is 1.23. The van der Waals surface area contributed by atoms with E-state index in [0.717, 1.165) is 0 Å². The summed E-state index contributed by atoms with van der Waals surface area (Å²) >= 11 is 6.08. The maximum absolute atomic E-state index is 13.1. The fraction of sp³-hybridized carbons (Fsp3) is 0.0952. The SMILES string of the molecule is C[C@@H](NC(=O)c1ccc(Cl)c(S(=O)(=O)Nc2ccccc2)c1)c1ccc(F)cc1. The van der Waals surface area contributed by atoms with Crippen LogP contribution in [0.4, 0.5) is 10.1 Å². The lowest BCUT2D eigenvalue weighted by Crippen LogP contribution is -2.27. The van der Waals surface area contributed by atoms with Gasteiger partial charge in [-0.1, -0.05) is 41.9 Å². The molecule has 1 amide bonds. The van der Waals surface area contributed by atoms with E-state index in [1.807, 2.05) is 0 Å². The topological polar surface area (TPSA) is 75.3 Å². The van der Waals surface area contributed by atoms with Crippen molar-refractivity contribution in [1.29, 1.82) is 0 Å². The summed E-state index contributed by atoms with van der Waals surface area (Å²) in [6.45, 7) is 1.75. The molecule has 2 N–H and O–H groups in total. The maximum atomic E-state index is 13.1. The average molecular weight is 433 g/mol. The fourth-order valence-electron chi connectivity index (χ4n) is 2.68. The number of carbonyl (C=O) groups is 1. The highest BCUT2D eigenvalue weighted by Gasteiger charge is 2.21. The number of rotatable bonds is 6. The van der Waals surface area contributed by atoms with Gasteiger partial charge >= 0.3 is 0 Å². The molecule has 0 bridgehead atoms. The minimum atomic E-state index is -3.99. The van der Waals surface area contributed by atoms with Crippen molar-refractivity contribution < 1.29 is 17.6 Å². The Kier molecular flexibility index (Phi) is 6.20. The monoisotopic (exact) mass is 432 g/mol. The first-order valence-corrected chi connectivity index (χ1v) is 10.6. The Morgan fingerprint density at radius 3 is 2.31 bits per heavy atom. The van der Waals surface area contributed by atoms with Gasteiger partial charge in [-0.15, -0.1) is 0 Å². The number of hydrogen-bond donors (Lipinski definition) is 2. The van der Waals surface area contributed by atoms with E-state index in [1.54, 1.807) is 49.4 Å². The predicted molar refractivity (Wildman–Crippen MR) is 111 cm³/mol. The van der Waals surface area contributed by atoms with Crippen LogP contribution in [0.3, 0.4) is 0 Å². The molecule has 5 nitrogen and oxygen atoms in total. The fourth-order valence-corrected chi connectivity index (χ4v) is 4.27. The molecule has 29 heavy (non-hydrogen) atoms. The van der Waals surface area contributed by atoms with Crippen molar-refractivity contribution in [2.75, 3.05) is 4.72 Å². The van der Waals surface area contributed by atoms with Crippen LogP contribution >= 0.6 is 11.6 Å². The smallest absolute Gasteiger partial charge is 0.263 e. The lowest BCUT2D eigenvalue weighted by Gasteiger charge is -2.15. The Morgan fingerprint density at radius 1 is 1.00 bits per heavy atom. The van der Waals surface area contributed by atoms with Gasteiger partial charge in [-0.25, -0.2) is 12.8 Å². The van der Waals surface area contributed by atoms with Gasteiger partial charge in [0, 0.05) is 11.3 Å². The number of benzene rings is 3. The highest BCUT2D eigenvalue weighted by molar-refractivity contribution is 7.92. The van der Waals surface area contributed by atoms with Crippen molar-refractivity contribution in [3.63, 3.8) is 0 Å². The molecular weight excluding hydrogens is 415 g/mol. The number of carbonyl (C=O) groups excluding carboxylic acids is 1. The molecule has 0 aromatic heterocycles. The average Bonchev–Trinajstić information content (AvgIpc) is 2.69. The molecule has 150 valence electrons. The molecule has 0 unspecified atom stereocenters. The van der Waals surface area contributed by atoms with Crippen LogP contribution in [0, 0.1) is 5.82 Å². The first-order valence-electron chi connectivity index (χ1n) is 8.70. The van der Waals surface area contributed by atoms with Crippen LogP contribution in [0.2, 0.25) is 5.02 Å². The van der Waals surface area contributed by atoms with Crippen molar-refractivity contribution in [3.8, 4) is 0 Å². The summed E-state index contributed by atoms with van der Waals surface area (Å²) in [7, 11) is -3.99. The number of halogens is 2. The van der Waals surface area contributed by atoms with Crippen LogP contribution in [-0.2, 0) is 10.0 Å². The molecule has 0 saturated heterocycles. The lowest BCUT2D eigenvalue weighted by molar-refractivity contribution is 0.0939.